The highest BCUT2D eigenvalue weighted by Crippen LogP contribution is 2.33. The van der Waals surface area contributed by atoms with Crippen LogP contribution in [0.4, 0.5) is 4.79 Å². The number of carbonyl (C=O) groups excluding carboxylic acids is 3. The van der Waals surface area contributed by atoms with Crippen LogP contribution < -0.4 is 21.5 Å². The van der Waals surface area contributed by atoms with Gasteiger partial charge in [0, 0.05) is 35.4 Å². The van der Waals surface area contributed by atoms with Gasteiger partial charge in [0.25, 0.3) is 5.91 Å². The Hall–Kier alpha value is -2.29. The van der Waals surface area contributed by atoms with Gasteiger partial charge in [0.05, 0.1) is 12.1 Å². The summed E-state index contributed by atoms with van der Waals surface area (Å²) < 4.78 is 0. The number of nitrogens with one attached hydrogen (secondary N) is 4. The molecule has 2 fully saturated rings. The summed E-state index contributed by atoms with van der Waals surface area (Å²) in [6.45, 7) is 0. The Morgan fingerprint density at radius 2 is 2.00 bits per heavy atom. The third-order valence-corrected chi connectivity index (χ3v) is 5.85. The van der Waals surface area contributed by atoms with Crippen LogP contribution in [0.3, 0.4) is 0 Å². The number of amides is 4. The minimum absolute atomic E-state index is 0.0791. The van der Waals surface area contributed by atoms with Gasteiger partial charge in [-0.3, -0.25) is 25.4 Å². The van der Waals surface area contributed by atoms with Crippen LogP contribution in [0, 0.1) is 0 Å². The average molecular weight is 363 g/mol. The lowest BCUT2D eigenvalue weighted by Crippen LogP contribution is -2.41. The van der Waals surface area contributed by atoms with Gasteiger partial charge in [-0.15, -0.1) is 0 Å². The minimum atomic E-state index is -0.367. The fraction of sp³-hybridized carbons (Fsp3) is 0.500. The SMILES string of the molecule is O=C(CCCC[C@@H]1SC[C@@H]2NC(=O)N[C@H]21)NNC(=O)c1ccncc1. The van der Waals surface area contributed by atoms with Crippen LogP contribution in [-0.2, 0) is 4.79 Å². The maximum Gasteiger partial charge on any atom is 0.315 e. The van der Waals surface area contributed by atoms with Crippen LogP contribution in [0.2, 0.25) is 0 Å². The van der Waals surface area contributed by atoms with E-state index in [4.69, 9.17) is 0 Å². The molecule has 1 aromatic heterocycles. The van der Waals surface area contributed by atoms with Crippen LogP contribution in [0.15, 0.2) is 24.5 Å². The second kappa shape index (κ2) is 8.19. The zero-order valence-electron chi connectivity index (χ0n) is 13.7. The molecular weight excluding hydrogens is 342 g/mol. The van der Waals surface area contributed by atoms with E-state index in [0.717, 1.165) is 25.0 Å². The van der Waals surface area contributed by atoms with Crippen molar-refractivity contribution >= 4 is 29.6 Å². The number of hydrazine groups is 1. The normalized spacial score (nSPS) is 24.2. The van der Waals surface area contributed by atoms with E-state index in [2.05, 4.69) is 26.5 Å². The largest absolute Gasteiger partial charge is 0.332 e. The number of rotatable bonds is 6. The molecule has 4 N–H and O–H groups in total. The van der Waals surface area contributed by atoms with Crippen LogP contribution in [0.25, 0.3) is 0 Å². The van der Waals surface area contributed by atoms with Crippen molar-refractivity contribution < 1.29 is 14.4 Å². The lowest BCUT2D eigenvalue weighted by atomic mass is 10.0. The predicted molar refractivity (Wildman–Crippen MR) is 93.8 cm³/mol. The average Bonchev–Trinajstić information content (AvgIpc) is 3.17. The Morgan fingerprint density at radius 1 is 1.20 bits per heavy atom. The zero-order chi connectivity index (χ0) is 17.6. The van der Waals surface area contributed by atoms with Gasteiger partial charge in [-0.1, -0.05) is 6.42 Å². The third-order valence-electron chi connectivity index (χ3n) is 4.34. The maximum atomic E-state index is 11.8. The Labute approximate surface area is 149 Å². The summed E-state index contributed by atoms with van der Waals surface area (Å²) in [7, 11) is 0. The maximum absolute atomic E-state index is 11.8. The molecule has 0 spiro atoms. The summed E-state index contributed by atoms with van der Waals surface area (Å²) in [6, 6.07) is 3.50. The van der Waals surface area contributed by atoms with Gasteiger partial charge in [0.15, 0.2) is 0 Å². The molecule has 0 saturated carbocycles. The molecular formula is C16H21N5O3S. The summed E-state index contributed by atoms with van der Waals surface area (Å²) in [5.74, 6) is 0.360. The second-order valence-corrected chi connectivity index (χ2v) is 7.38. The number of urea groups is 1. The lowest BCUT2D eigenvalue weighted by molar-refractivity contribution is -0.122. The molecule has 1 aromatic rings. The zero-order valence-corrected chi connectivity index (χ0v) is 14.5. The number of fused-ring (bicyclic) bond motifs is 1. The van der Waals surface area contributed by atoms with Crippen molar-refractivity contribution in [3.63, 3.8) is 0 Å². The van der Waals surface area contributed by atoms with E-state index in [1.165, 1.54) is 12.4 Å². The first kappa shape index (κ1) is 17.5. The lowest BCUT2D eigenvalue weighted by Gasteiger charge is -2.16. The van der Waals surface area contributed by atoms with Crippen molar-refractivity contribution in [1.29, 1.82) is 0 Å². The molecule has 3 rings (SSSR count). The number of hydrogen-bond acceptors (Lipinski definition) is 5. The molecule has 3 heterocycles. The van der Waals surface area contributed by atoms with Gasteiger partial charge >= 0.3 is 6.03 Å². The fourth-order valence-electron chi connectivity index (χ4n) is 3.04. The molecule has 0 radical (unpaired) electrons. The first-order valence-electron chi connectivity index (χ1n) is 8.31. The number of unbranched alkanes of at least 4 members (excludes halogenated alkanes) is 1. The number of aromatic nitrogens is 1. The Balaban J connectivity index is 1.29. The summed E-state index contributed by atoms with van der Waals surface area (Å²) in [5.41, 5.74) is 5.25. The van der Waals surface area contributed by atoms with E-state index >= 15 is 0 Å². The highest BCUT2D eigenvalue weighted by Gasteiger charge is 2.42. The molecule has 2 aliphatic heterocycles. The first-order chi connectivity index (χ1) is 12.1. The molecule has 8 nitrogen and oxygen atoms in total. The first-order valence-corrected chi connectivity index (χ1v) is 9.36. The molecule has 3 atom stereocenters. The van der Waals surface area contributed by atoms with Crippen LogP contribution >= 0.6 is 11.8 Å². The van der Waals surface area contributed by atoms with Crippen molar-refractivity contribution in [2.45, 2.75) is 43.0 Å². The van der Waals surface area contributed by atoms with Gasteiger partial charge < -0.3 is 10.6 Å². The van der Waals surface area contributed by atoms with Crippen molar-refractivity contribution in [1.82, 2.24) is 26.5 Å². The number of pyridine rings is 1. The fourth-order valence-corrected chi connectivity index (χ4v) is 4.58. The van der Waals surface area contributed by atoms with E-state index in [9.17, 15) is 14.4 Å². The number of thioether (sulfide) groups is 1. The van der Waals surface area contributed by atoms with Crippen LogP contribution in [-0.4, -0.2) is 45.9 Å². The summed E-state index contributed by atoms with van der Waals surface area (Å²) in [6.07, 6.45) is 6.00. The molecule has 2 saturated heterocycles. The Morgan fingerprint density at radius 3 is 2.80 bits per heavy atom. The number of carbonyl (C=O) groups is 3. The number of nitrogens with zero attached hydrogens (tertiary/aromatic N) is 1. The predicted octanol–water partition coefficient (Wildman–Crippen LogP) is 0.568. The third kappa shape index (κ3) is 4.62. The molecule has 0 aromatic carbocycles. The van der Waals surface area contributed by atoms with Crippen LogP contribution in [0.1, 0.15) is 36.0 Å². The monoisotopic (exact) mass is 363 g/mol. The molecule has 25 heavy (non-hydrogen) atoms. The van der Waals surface area contributed by atoms with Gasteiger partial charge in [0.1, 0.15) is 0 Å². The molecule has 2 aliphatic rings. The molecule has 9 heteroatoms. The van der Waals surface area contributed by atoms with Gasteiger partial charge in [-0.05, 0) is 25.0 Å². The van der Waals surface area contributed by atoms with Crippen molar-refractivity contribution in [3.8, 4) is 0 Å². The molecule has 134 valence electrons. The van der Waals surface area contributed by atoms with E-state index in [0.29, 0.717) is 17.2 Å². The minimum Gasteiger partial charge on any atom is -0.332 e. The van der Waals surface area contributed by atoms with E-state index < -0.39 is 0 Å². The standard InChI is InChI=1S/C16H21N5O3S/c22-13(20-21-15(23)10-5-7-17-8-6-10)4-2-1-3-12-14-11(9-25-12)18-16(24)19-14/h5-8,11-12,14H,1-4,9H2,(H,20,22)(H,21,23)(H2,18,19,24)/t11-,12-,14+/m0/s1. The quantitative estimate of drug-likeness (QED) is 0.335. The topological polar surface area (TPSA) is 112 Å². The van der Waals surface area contributed by atoms with E-state index in [1.807, 2.05) is 11.8 Å². The number of hydrogen-bond donors (Lipinski definition) is 4. The smallest absolute Gasteiger partial charge is 0.315 e. The van der Waals surface area contributed by atoms with Gasteiger partial charge in [0.2, 0.25) is 5.91 Å². The molecule has 4 amide bonds. The van der Waals surface area contributed by atoms with Crippen molar-refractivity contribution in [3.05, 3.63) is 30.1 Å². The van der Waals surface area contributed by atoms with E-state index in [-0.39, 0.29) is 29.9 Å². The van der Waals surface area contributed by atoms with Crippen molar-refractivity contribution in [2.75, 3.05) is 5.75 Å². The van der Waals surface area contributed by atoms with E-state index in [1.54, 1.807) is 12.1 Å². The highest BCUT2D eigenvalue weighted by atomic mass is 32.2. The summed E-state index contributed by atoms with van der Waals surface area (Å²) in [4.78, 5) is 38.7. The van der Waals surface area contributed by atoms with Gasteiger partial charge in [-0.25, -0.2) is 4.79 Å². The van der Waals surface area contributed by atoms with Gasteiger partial charge in [-0.2, -0.15) is 11.8 Å². The Kier molecular flexibility index (Phi) is 5.75. The van der Waals surface area contributed by atoms with Crippen molar-refractivity contribution in [2.24, 2.45) is 0 Å². The summed E-state index contributed by atoms with van der Waals surface area (Å²) in [5, 5.41) is 6.28. The highest BCUT2D eigenvalue weighted by molar-refractivity contribution is 8.00. The molecule has 0 unspecified atom stereocenters. The molecule has 0 aliphatic carbocycles. The molecule has 0 bridgehead atoms. The second-order valence-electron chi connectivity index (χ2n) is 6.11. The Bertz CT molecular complexity index is 642. The van der Waals surface area contributed by atoms with Crippen LogP contribution in [0.5, 0.6) is 0 Å². The summed E-state index contributed by atoms with van der Waals surface area (Å²) >= 11 is 1.87.